The first kappa shape index (κ1) is 13.8. The van der Waals surface area contributed by atoms with Crippen LogP contribution in [0.3, 0.4) is 0 Å². The predicted octanol–water partition coefficient (Wildman–Crippen LogP) is 0.440. The minimum absolute atomic E-state index is 0.103. The lowest BCUT2D eigenvalue weighted by Crippen LogP contribution is -2.56. The molecule has 1 amide bonds. The van der Waals surface area contributed by atoms with Gasteiger partial charge in [-0.2, -0.15) is 0 Å². The fraction of sp³-hybridized carbons (Fsp3) is 0.923. The summed E-state index contributed by atoms with van der Waals surface area (Å²) in [6.45, 7) is 4.80. The monoisotopic (exact) mass is 256 g/mol. The Hall–Kier alpha value is -0.650. The molecule has 2 N–H and O–H groups in total. The lowest BCUT2D eigenvalue weighted by molar-refractivity contribution is -0.129. The van der Waals surface area contributed by atoms with Gasteiger partial charge in [-0.3, -0.25) is 4.79 Å². The number of methoxy groups -OCH3 is 1. The molecule has 5 heteroatoms. The Morgan fingerprint density at radius 2 is 2.33 bits per heavy atom. The molecule has 0 bridgehead atoms. The van der Waals surface area contributed by atoms with Gasteiger partial charge in [-0.25, -0.2) is 0 Å². The van der Waals surface area contributed by atoms with Crippen LogP contribution >= 0.6 is 0 Å². The molecule has 0 spiro atoms. The summed E-state index contributed by atoms with van der Waals surface area (Å²) in [5, 5.41) is 6.38. The van der Waals surface area contributed by atoms with Gasteiger partial charge in [0.15, 0.2) is 0 Å². The normalized spacial score (nSPS) is 35.9. The van der Waals surface area contributed by atoms with Crippen molar-refractivity contribution in [1.82, 2.24) is 10.6 Å². The maximum atomic E-state index is 12.3. The standard InChI is InChI=1S/C13H24N2O3/c1-3-13(5-4-7-15-13)11(16)14-9-12(17-2)6-8-18-10-12/h15H,3-10H2,1-2H3,(H,14,16). The Kier molecular flexibility index (Phi) is 4.25. The number of rotatable bonds is 5. The van der Waals surface area contributed by atoms with Crippen LogP contribution in [0.5, 0.6) is 0 Å². The predicted molar refractivity (Wildman–Crippen MR) is 68.4 cm³/mol. The van der Waals surface area contributed by atoms with Crippen LogP contribution < -0.4 is 10.6 Å². The third-order valence-corrected chi connectivity index (χ3v) is 4.35. The van der Waals surface area contributed by atoms with Gasteiger partial charge in [0.25, 0.3) is 0 Å². The summed E-state index contributed by atoms with van der Waals surface area (Å²) in [5.41, 5.74) is -0.697. The summed E-state index contributed by atoms with van der Waals surface area (Å²) in [7, 11) is 1.68. The smallest absolute Gasteiger partial charge is 0.240 e. The molecule has 104 valence electrons. The fourth-order valence-corrected chi connectivity index (χ4v) is 2.83. The highest BCUT2D eigenvalue weighted by molar-refractivity contribution is 5.86. The average Bonchev–Trinajstić information content (AvgIpc) is 3.06. The molecular weight excluding hydrogens is 232 g/mol. The third-order valence-electron chi connectivity index (χ3n) is 4.35. The minimum atomic E-state index is -0.367. The lowest BCUT2D eigenvalue weighted by Gasteiger charge is -2.31. The molecule has 2 fully saturated rings. The molecule has 0 saturated carbocycles. The topological polar surface area (TPSA) is 59.6 Å². The number of hydrogen-bond donors (Lipinski definition) is 2. The highest BCUT2D eigenvalue weighted by atomic mass is 16.5. The summed E-state index contributed by atoms with van der Waals surface area (Å²) in [4.78, 5) is 12.3. The van der Waals surface area contributed by atoms with Crippen LogP contribution in [0.15, 0.2) is 0 Å². The van der Waals surface area contributed by atoms with Crippen molar-refractivity contribution in [2.24, 2.45) is 0 Å². The maximum Gasteiger partial charge on any atom is 0.240 e. The van der Waals surface area contributed by atoms with Gasteiger partial charge < -0.3 is 20.1 Å². The van der Waals surface area contributed by atoms with E-state index in [1.165, 1.54) is 0 Å². The molecule has 2 saturated heterocycles. The highest BCUT2D eigenvalue weighted by Crippen LogP contribution is 2.25. The molecule has 5 nitrogen and oxygen atoms in total. The summed E-state index contributed by atoms with van der Waals surface area (Å²) < 4.78 is 10.9. The van der Waals surface area contributed by atoms with Gasteiger partial charge in [0.2, 0.25) is 5.91 Å². The van der Waals surface area contributed by atoms with Crippen molar-refractivity contribution < 1.29 is 14.3 Å². The van der Waals surface area contributed by atoms with Crippen molar-refractivity contribution in [2.75, 3.05) is 33.4 Å². The van der Waals surface area contributed by atoms with Crippen LogP contribution in [0, 0.1) is 0 Å². The van der Waals surface area contributed by atoms with E-state index < -0.39 is 0 Å². The first-order valence-corrected chi connectivity index (χ1v) is 6.83. The van der Waals surface area contributed by atoms with Gasteiger partial charge in [0, 0.05) is 26.7 Å². The number of nitrogens with one attached hydrogen (secondary N) is 2. The Morgan fingerprint density at radius 1 is 1.50 bits per heavy atom. The maximum absolute atomic E-state index is 12.3. The van der Waals surface area contributed by atoms with Gasteiger partial charge in [-0.15, -0.1) is 0 Å². The van der Waals surface area contributed by atoms with Crippen molar-refractivity contribution >= 4 is 5.91 Å². The highest BCUT2D eigenvalue weighted by Gasteiger charge is 2.41. The van der Waals surface area contributed by atoms with E-state index in [4.69, 9.17) is 9.47 Å². The van der Waals surface area contributed by atoms with Crippen molar-refractivity contribution in [3.8, 4) is 0 Å². The van der Waals surface area contributed by atoms with E-state index in [-0.39, 0.29) is 17.0 Å². The largest absolute Gasteiger partial charge is 0.378 e. The fourth-order valence-electron chi connectivity index (χ4n) is 2.83. The van der Waals surface area contributed by atoms with E-state index in [9.17, 15) is 4.79 Å². The zero-order chi connectivity index (χ0) is 13.1. The van der Waals surface area contributed by atoms with Crippen LogP contribution in [0.1, 0.15) is 32.6 Å². The second-order valence-electron chi connectivity index (χ2n) is 5.34. The molecule has 0 aromatic carbocycles. The molecule has 2 heterocycles. The van der Waals surface area contributed by atoms with E-state index in [0.717, 1.165) is 32.2 Å². The second kappa shape index (κ2) is 5.55. The van der Waals surface area contributed by atoms with E-state index in [1.54, 1.807) is 7.11 Å². The molecule has 0 radical (unpaired) electrons. The first-order chi connectivity index (χ1) is 8.66. The molecule has 0 aliphatic carbocycles. The molecule has 2 atom stereocenters. The molecule has 2 aliphatic heterocycles. The summed E-state index contributed by atoms with van der Waals surface area (Å²) in [6.07, 6.45) is 3.66. The number of carbonyl (C=O) groups excluding carboxylic acids is 1. The molecule has 18 heavy (non-hydrogen) atoms. The molecular formula is C13H24N2O3. The van der Waals surface area contributed by atoms with E-state index >= 15 is 0 Å². The van der Waals surface area contributed by atoms with Crippen molar-refractivity contribution in [1.29, 1.82) is 0 Å². The Labute approximate surface area is 109 Å². The quantitative estimate of drug-likeness (QED) is 0.749. The number of ether oxygens (including phenoxy) is 2. The summed E-state index contributed by atoms with van der Waals surface area (Å²) in [6, 6.07) is 0. The van der Waals surface area contributed by atoms with Crippen LogP contribution in [0.4, 0.5) is 0 Å². The molecule has 0 aromatic rings. The zero-order valence-corrected chi connectivity index (χ0v) is 11.4. The molecule has 2 unspecified atom stereocenters. The van der Waals surface area contributed by atoms with Crippen molar-refractivity contribution in [2.45, 2.75) is 43.7 Å². The van der Waals surface area contributed by atoms with Crippen LogP contribution in [-0.2, 0) is 14.3 Å². The number of hydrogen-bond acceptors (Lipinski definition) is 4. The molecule has 2 aliphatic rings. The van der Waals surface area contributed by atoms with Gasteiger partial charge in [0.05, 0.1) is 12.1 Å². The lowest BCUT2D eigenvalue weighted by atomic mass is 9.92. The van der Waals surface area contributed by atoms with E-state index in [2.05, 4.69) is 17.6 Å². The Balaban J connectivity index is 1.91. The van der Waals surface area contributed by atoms with Crippen molar-refractivity contribution in [3.05, 3.63) is 0 Å². The van der Waals surface area contributed by atoms with E-state index in [0.29, 0.717) is 19.8 Å². The Morgan fingerprint density at radius 3 is 2.83 bits per heavy atom. The van der Waals surface area contributed by atoms with Gasteiger partial charge in [-0.05, 0) is 25.8 Å². The number of carbonyl (C=O) groups is 1. The second-order valence-corrected chi connectivity index (χ2v) is 5.34. The van der Waals surface area contributed by atoms with Gasteiger partial charge in [-0.1, -0.05) is 6.92 Å². The third kappa shape index (κ3) is 2.53. The van der Waals surface area contributed by atoms with Crippen LogP contribution in [0.2, 0.25) is 0 Å². The average molecular weight is 256 g/mol. The SMILES string of the molecule is CCC1(C(=O)NCC2(OC)CCOC2)CCCN1. The van der Waals surface area contributed by atoms with Gasteiger partial charge >= 0.3 is 0 Å². The molecule has 2 rings (SSSR count). The van der Waals surface area contributed by atoms with Gasteiger partial charge in [0.1, 0.15) is 5.60 Å². The van der Waals surface area contributed by atoms with Crippen LogP contribution in [0.25, 0.3) is 0 Å². The zero-order valence-electron chi connectivity index (χ0n) is 11.4. The summed E-state index contributed by atoms with van der Waals surface area (Å²) in [5.74, 6) is 0.103. The van der Waals surface area contributed by atoms with Crippen LogP contribution in [-0.4, -0.2) is 50.5 Å². The Bertz CT molecular complexity index is 295. The minimum Gasteiger partial charge on any atom is -0.378 e. The molecule has 0 aromatic heterocycles. The van der Waals surface area contributed by atoms with Crippen molar-refractivity contribution in [3.63, 3.8) is 0 Å². The summed E-state index contributed by atoms with van der Waals surface area (Å²) >= 11 is 0. The number of amides is 1. The first-order valence-electron chi connectivity index (χ1n) is 6.83. The van der Waals surface area contributed by atoms with E-state index in [1.807, 2.05) is 0 Å².